The van der Waals surface area contributed by atoms with Crippen LogP contribution in [0.25, 0.3) is 0 Å². The maximum atomic E-state index is 11.8. The standard InChI is InChI=1S/C13H19N3O5/c1-16-3-2-8(5-10(16)18)14-13(21)15-9-4-7(6-17)11(19)12(9)20/h2-3,5,7,9,11-12,17,19-20H,4,6H2,1H3,(H2,14,15,21)/t7-,9-,11-,12+/m1/s1. The molecule has 8 nitrogen and oxygen atoms in total. The number of hydrogen-bond acceptors (Lipinski definition) is 5. The van der Waals surface area contributed by atoms with Crippen molar-refractivity contribution in [3.8, 4) is 0 Å². The van der Waals surface area contributed by atoms with Crippen LogP contribution in [0.3, 0.4) is 0 Å². The van der Waals surface area contributed by atoms with Crippen LogP contribution in [0.15, 0.2) is 23.1 Å². The second-order valence-corrected chi connectivity index (χ2v) is 5.23. The second kappa shape index (κ2) is 6.25. The summed E-state index contributed by atoms with van der Waals surface area (Å²) < 4.78 is 1.37. The maximum absolute atomic E-state index is 11.8. The first-order valence-electron chi connectivity index (χ1n) is 6.63. The van der Waals surface area contributed by atoms with E-state index in [9.17, 15) is 19.8 Å². The molecule has 1 aromatic heterocycles. The normalized spacial score (nSPS) is 28.4. The molecule has 1 aliphatic carbocycles. The molecular weight excluding hydrogens is 278 g/mol. The molecule has 5 N–H and O–H groups in total. The molecule has 1 heterocycles. The van der Waals surface area contributed by atoms with Crippen LogP contribution in [0.2, 0.25) is 0 Å². The molecule has 0 aromatic carbocycles. The van der Waals surface area contributed by atoms with E-state index in [0.29, 0.717) is 5.69 Å². The molecule has 0 spiro atoms. The highest BCUT2D eigenvalue weighted by Crippen LogP contribution is 2.26. The van der Waals surface area contributed by atoms with Gasteiger partial charge in [0.25, 0.3) is 5.56 Å². The molecule has 0 bridgehead atoms. The van der Waals surface area contributed by atoms with Crippen LogP contribution in [-0.2, 0) is 7.05 Å². The third-order valence-electron chi connectivity index (χ3n) is 3.72. The van der Waals surface area contributed by atoms with Gasteiger partial charge in [0, 0.05) is 37.5 Å². The number of aromatic nitrogens is 1. The van der Waals surface area contributed by atoms with Gasteiger partial charge >= 0.3 is 6.03 Å². The molecular formula is C13H19N3O5. The fourth-order valence-corrected chi connectivity index (χ4v) is 2.41. The van der Waals surface area contributed by atoms with E-state index >= 15 is 0 Å². The first kappa shape index (κ1) is 15.5. The predicted octanol–water partition coefficient (Wildman–Crippen LogP) is -1.39. The number of nitrogens with one attached hydrogen (secondary N) is 2. The van der Waals surface area contributed by atoms with Crippen LogP contribution in [0, 0.1) is 5.92 Å². The largest absolute Gasteiger partial charge is 0.396 e. The summed E-state index contributed by atoms with van der Waals surface area (Å²) in [7, 11) is 1.59. The van der Waals surface area contributed by atoms with Crippen molar-refractivity contribution in [1.82, 2.24) is 9.88 Å². The van der Waals surface area contributed by atoms with Crippen LogP contribution >= 0.6 is 0 Å². The minimum absolute atomic E-state index is 0.257. The summed E-state index contributed by atoms with van der Waals surface area (Å²) >= 11 is 0. The number of carbonyl (C=O) groups is 1. The smallest absolute Gasteiger partial charge is 0.319 e. The van der Waals surface area contributed by atoms with E-state index in [0.717, 1.165) is 0 Å². The van der Waals surface area contributed by atoms with E-state index in [2.05, 4.69) is 10.6 Å². The van der Waals surface area contributed by atoms with Gasteiger partial charge in [-0.25, -0.2) is 4.79 Å². The van der Waals surface area contributed by atoms with Crippen molar-refractivity contribution in [2.75, 3.05) is 11.9 Å². The number of aryl methyl sites for hydroxylation is 1. The predicted molar refractivity (Wildman–Crippen MR) is 74.8 cm³/mol. The van der Waals surface area contributed by atoms with Crippen LogP contribution in [0.1, 0.15) is 6.42 Å². The van der Waals surface area contributed by atoms with Gasteiger partial charge < -0.3 is 30.5 Å². The first-order chi connectivity index (χ1) is 9.92. The van der Waals surface area contributed by atoms with Crippen LogP contribution in [0.5, 0.6) is 0 Å². The molecule has 21 heavy (non-hydrogen) atoms. The van der Waals surface area contributed by atoms with Gasteiger partial charge in [0.05, 0.1) is 12.1 Å². The van der Waals surface area contributed by atoms with Crippen molar-refractivity contribution in [1.29, 1.82) is 0 Å². The highest BCUT2D eigenvalue weighted by molar-refractivity contribution is 5.89. The molecule has 0 unspecified atom stereocenters. The summed E-state index contributed by atoms with van der Waals surface area (Å²) in [5.74, 6) is -0.464. The molecule has 0 saturated heterocycles. The summed E-state index contributed by atoms with van der Waals surface area (Å²) in [4.78, 5) is 23.3. The summed E-state index contributed by atoms with van der Waals surface area (Å²) in [5.41, 5.74) is 0.0758. The lowest BCUT2D eigenvalue weighted by Crippen LogP contribution is -2.44. The lowest BCUT2D eigenvalue weighted by atomic mass is 10.1. The van der Waals surface area contributed by atoms with Gasteiger partial charge in [0.1, 0.15) is 6.10 Å². The van der Waals surface area contributed by atoms with E-state index in [1.165, 1.54) is 16.8 Å². The first-order valence-corrected chi connectivity index (χ1v) is 6.63. The van der Waals surface area contributed by atoms with E-state index in [4.69, 9.17) is 5.11 Å². The third kappa shape index (κ3) is 3.41. The Labute approximate surface area is 121 Å². The van der Waals surface area contributed by atoms with E-state index in [1.807, 2.05) is 0 Å². The molecule has 0 aliphatic heterocycles. The molecule has 1 aromatic rings. The van der Waals surface area contributed by atoms with Crippen LogP contribution < -0.4 is 16.2 Å². The maximum Gasteiger partial charge on any atom is 0.319 e. The van der Waals surface area contributed by atoms with Crippen molar-refractivity contribution in [3.05, 3.63) is 28.7 Å². The summed E-state index contributed by atoms with van der Waals surface area (Å²) in [6.07, 6.45) is -0.391. The SMILES string of the molecule is Cn1ccc(NC(=O)N[C@@H]2C[C@H](CO)[C@@H](O)[C@H]2O)cc1=O. The molecule has 1 fully saturated rings. The Morgan fingerprint density at radius 1 is 1.43 bits per heavy atom. The van der Waals surface area contributed by atoms with Crippen molar-refractivity contribution in [3.63, 3.8) is 0 Å². The van der Waals surface area contributed by atoms with Crippen molar-refractivity contribution >= 4 is 11.7 Å². The summed E-state index contributed by atoms with van der Waals surface area (Å²) in [5, 5.41) is 33.5. The lowest BCUT2D eigenvalue weighted by Gasteiger charge is -2.18. The summed E-state index contributed by atoms with van der Waals surface area (Å²) in [6.45, 7) is -0.257. The Balaban J connectivity index is 1.96. The number of amides is 2. The number of urea groups is 1. The highest BCUT2D eigenvalue weighted by Gasteiger charge is 2.41. The van der Waals surface area contributed by atoms with Gasteiger partial charge in [-0.05, 0) is 12.5 Å². The molecule has 2 amide bonds. The van der Waals surface area contributed by atoms with Crippen LogP contribution in [-0.4, -0.2) is 50.8 Å². The van der Waals surface area contributed by atoms with Crippen molar-refractivity contribution in [2.45, 2.75) is 24.7 Å². The lowest BCUT2D eigenvalue weighted by molar-refractivity contribution is 0.000965. The molecule has 4 atom stereocenters. The van der Waals surface area contributed by atoms with Gasteiger partial charge in [0.2, 0.25) is 0 Å². The van der Waals surface area contributed by atoms with E-state index < -0.39 is 30.2 Å². The second-order valence-electron chi connectivity index (χ2n) is 5.23. The monoisotopic (exact) mass is 297 g/mol. The van der Waals surface area contributed by atoms with Crippen LogP contribution in [0.4, 0.5) is 10.5 Å². The molecule has 2 rings (SSSR count). The number of pyridine rings is 1. The zero-order valence-corrected chi connectivity index (χ0v) is 11.6. The fraction of sp³-hybridized carbons (Fsp3) is 0.538. The van der Waals surface area contributed by atoms with Gasteiger partial charge in [-0.15, -0.1) is 0 Å². The average Bonchev–Trinajstić information content (AvgIpc) is 2.70. The van der Waals surface area contributed by atoms with Gasteiger partial charge in [-0.3, -0.25) is 4.79 Å². The Morgan fingerprint density at radius 3 is 2.71 bits per heavy atom. The minimum Gasteiger partial charge on any atom is -0.396 e. The third-order valence-corrected chi connectivity index (χ3v) is 3.72. The number of anilines is 1. The number of rotatable bonds is 3. The van der Waals surface area contributed by atoms with Gasteiger partial charge in [0.15, 0.2) is 0 Å². The number of aliphatic hydroxyl groups is 3. The van der Waals surface area contributed by atoms with Gasteiger partial charge in [-0.2, -0.15) is 0 Å². The van der Waals surface area contributed by atoms with Crippen molar-refractivity contribution < 1.29 is 20.1 Å². The highest BCUT2D eigenvalue weighted by atomic mass is 16.3. The zero-order chi connectivity index (χ0) is 15.6. The zero-order valence-electron chi connectivity index (χ0n) is 11.6. The fourth-order valence-electron chi connectivity index (χ4n) is 2.41. The van der Waals surface area contributed by atoms with Gasteiger partial charge in [-0.1, -0.05) is 0 Å². The molecule has 116 valence electrons. The Bertz CT molecular complexity index is 573. The topological polar surface area (TPSA) is 124 Å². The van der Waals surface area contributed by atoms with E-state index in [-0.39, 0.29) is 18.6 Å². The average molecular weight is 297 g/mol. The number of aliphatic hydroxyl groups excluding tert-OH is 3. The number of carbonyl (C=O) groups excluding carboxylic acids is 1. The molecule has 8 heteroatoms. The van der Waals surface area contributed by atoms with Crippen molar-refractivity contribution in [2.24, 2.45) is 13.0 Å². The Hall–Kier alpha value is -1.90. The quantitative estimate of drug-likeness (QED) is 0.470. The minimum atomic E-state index is -1.13. The summed E-state index contributed by atoms with van der Waals surface area (Å²) in [6, 6.07) is 1.61. The van der Waals surface area contributed by atoms with E-state index in [1.54, 1.807) is 13.1 Å². The number of nitrogens with zero attached hydrogens (tertiary/aromatic N) is 1. The Morgan fingerprint density at radius 2 is 2.14 bits per heavy atom. The molecule has 1 aliphatic rings. The molecule has 0 radical (unpaired) electrons. The Kier molecular flexibility index (Phi) is 4.61. The number of hydrogen-bond donors (Lipinski definition) is 5. The molecule has 1 saturated carbocycles.